The van der Waals surface area contributed by atoms with Crippen LogP contribution in [0.4, 0.5) is 13.2 Å². The highest BCUT2D eigenvalue weighted by Crippen LogP contribution is 2.20. The van der Waals surface area contributed by atoms with Crippen LogP contribution in [-0.4, -0.2) is 19.4 Å². The minimum atomic E-state index is -4.13. The first kappa shape index (κ1) is 10.8. The number of hydrogen-bond acceptors (Lipinski definition) is 1. The molecular weight excluding hydrogens is 157 g/mol. The van der Waals surface area contributed by atoms with Crippen molar-refractivity contribution in [3.8, 4) is 0 Å². The molecule has 0 bridgehead atoms. The Morgan fingerprint density at radius 3 is 2.45 bits per heavy atom. The van der Waals surface area contributed by atoms with E-state index in [9.17, 15) is 13.2 Å². The molecule has 0 aliphatic heterocycles. The van der Waals surface area contributed by atoms with Crippen LogP contribution in [0.3, 0.4) is 0 Å². The van der Waals surface area contributed by atoms with Crippen molar-refractivity contribution < 1.29 is 17.9 Å². The predicted octanol–water partition coefficient (Wildman–Crippen LogP) is 2.57. The molecule has 0 heterocycles. The maximum absolute atomic E-state index is 11.5. The Hall–Kier alpha value is -0.250. The van der Waals surface area contributed by atoms with Gasteiger partial charge in [0, 0.05) is 13.2 Å². The molecule has 4 heteroatoms. The van der Waals surface area contributed by atoms with Gasteiger partial charge >= 0.3 is 6.18 Å². The number of ether oxygens (including phenoxy) is 1. The highest BCUT2D eigenvalue weighted by molar-refractivity contribution is 4.73. The zero-order valence-electron chi connectivity index (χ0n) is 6.45. The van der Waals surface area contributed by atoms with Crippen molar-refractivity contribution in [1.29, 1.82) is 0 Å². The Kier molecular flexibility index (Phi) is 5.28. The summed E-state index contributed by atoms with van der Waals surface area (Å²) in [5.74, 6) is 0. The van der Waals surface area contributed by atoms with Crippen molar-refractivity contribution in [2.75, 3.05) is 13.2 Å². The summed E-state index contributed by atoms with van der Waals surface area (Å²) in [4.78, 5) is 0. The topological polar surface area (TPSA) is 9.23 Å². The monoisotopic (exact) mass is 169 g/mol. The number of alkyl halides is 3. The third kappa shape index (κ3) is 9.75. The summed E-state index contributed by atoms with van der Waals surface area (Å²) >= 11 is 0. The first-order valence-electron chi connectivity index (χ1n) is 3.55. The van der Waals surface area contributed by atoms with E-state index in [1.165, 1.54) is 0 Å². The van der Waals surface area contributed by atoms with Crippen LogP contribution in [0.1, 0.15) is 19.8 Å². The van der Waals surface area contributed by atoms with E-state index in [0.717, 1.165) is 0 Å². The lowest BCUT2D eigenvalue weighted by molar-refractivity contribution is -0.0987. The lowest BCUT2D eigenvalue weighted by Crippen LogP contribution is -2.08. The van der Waals surface area contributed by atoms with Crippen LogP contribution in [0.15, 0.2) is 0 Å². The molecule has 0 atom stereocenters. The van der Waals surface area contributed by atoms with Crippen molar-refractivity contribution in [1.82, 2.24) is 0 Å². The Balaban J connectivity index is 3.02. The van der Waals surface area contributed by atoms with E-state index in [1.807, 2.05) is 6.92 Å². The summed E-state index contributed by atoms with van der Waals surface area (Å²) in [6.45, 7) is 2.78. The van der Waals surface area contributed by atoms with Gasteiger partial charge in [0.15, 0.2) is 0 Å². The number of halogens is 3. The molecule has 0 aliphatic rings. The van der Waals surface area contributed by atoms with Gasteiger partial charge in [-0.25, -0.2) is 0 Å². The summed E-state index contributed by atoms with van der Waals surface area (Å²) < 4.78 is 39.3. The summed E-state index contributed by atoms with van der Waals surface area (Å²) in [6, 6.07) is 0. The van der Waals surface area contributed by atoms with Gasteiger partial charge in [0.25, 0.3) is 0 Å². The van der Waals surface area contributed by atoms with Crippen molar-refractivity contribution in [3.05, 3.63) is 6.42 Å². The molecule has 0 saturated carbocycles. The molecule has 0 saturated heterocycles. The molecule has 0 aromatic heterocycles. The quantitative estimate of drug-likeness (QED) is 0.575. The summed E-state index contributed by atoms with van der Waals surface area (Å²) in [5, 5.41) is 0. The third-order valence-electron chi connectivity index (χ3n) is 1.07. The van der Waals surface area contributed by atoms with Crippen molar-refractivity contribution in [3.63, 3.8) is 0 Å². The second kappa shape index (κ2) is 5.41. The maximum Gasteiger partial charge on any atom is 0.392 e. The molecule has 0 aromatic carbocycles. The zero-order valence-corrected chi connectivity index (χ0v) is 6.45. The first-order valence-corrected chi connectivity index (χ1v) is 3.55. The molecule has 0 aliphatic carbocycles. The van der Waals surface area contributed by atoms with Gasteiger partial charge in [-0.15, -0.1) is 0 Å². The molecule has 67 valence electrons. The van der Waals surface area contributed by atoms with Crippen LogP contribution < -0.4 is 0 Å². The number of hydrogen-bond donors (Lipinski definition) is 0. The first-order chi connectivity index (χ1) is 5.06. The van der Waals surface area contributed by atoms with Crippen LogP contribution in [0.5, 0.6) is 0 Å². The minimum Gasteiger partial charge on any atom is -0.382 e. The van der Waals surface area contributed by atoms with E-state index in [0.29, 0.717) is 26.1 Å². The van der Waals surface area contributed by atoms with E-state index in [4.69, 9.17) is 4.74 Å². The van der Waals surface area contributed by atoms with Crippen LogP contribution >= 0.6 is 0 Å². The molecule has 0 fully saturated rings. The van der Waals surface area contributed by atoms with Crippen molar-refractivity contribution in [2.24, 2.45) is 0 Å². The minimum absolute atomic E-state index is 0.0451. The van der Waals surface area contributed by atoms with Crippen LogP contribution in [0, 0.1) is 6.42 Å². The maximum atomic E-state index is 11.5. The molecule has 0 spiro atoms. The fourth-order valence-corrected chi connectivity index (χ4v) is 0.595. The van der Waals surface area contributed by atoms with Crippen LogP contribution in [0.2, 0.25) is 0 Å². The molecule has 1 nitrogen and oxygen atoms in total. The number of rotatable bonds is 5. The van der Waals surface area contributed by atoms with Gasteiger partial charge in [-0.05, 0) is 19.8 Å². The fourth-order valence-electron chi connectivity index (χ4n) is 0.595. The van der Waals surface area contributed by atoms with Gasteiger partial charge in [0.1, 0.15) is 0 Å². The smallest absolute Gasteiger partial charge is 0.382 e. The van der Waals surface area contributed by atoms with E-state index < -0.39 is 6.18 Å². The zero-order chi connectivity index (χ0) is 8.74. The normalized spacial score (nSPS) is 12.0. The molecule has 11 heavy (non-hydrogen) atoms. The molecule has 0 rings (SSSR count). The second-order valence-corrected chi connectivity index (χ2v) is 2.08. The Morgan fingerprint density at radius 2 is 2.00 bits per heavy atom. The Bertz CT molecular complexity index is 90.2. The van der Waals surface area contributed by atoms with Crippen LogP contribution in [-0.2, 0) is 4.74 Å². The van der Waals surface area contributed by atoms with Gasteiger partial charge < -0.3 is 4.74 Å². The molecular formula is C7H12F3O. The molecule has 0 N–H and O–H groups in total. The standard InChI is InChI=1S/C7H12F3O/c1-2-11-6-4-3-5-7(8,9)10/h5H,2-4,6H2,1H3. The van der Waals surface area contributed by atoms with Gasteiger partial charge in [0.2, 0.25) is 0 Å². The van der Waals surface area contributed by atoms with Crippen LogP contribution in [0.25, 0.3) is 0 Å². The molecule has 0 aromatic rings. The van der Waals surface area contributed by atoms with E-state index in [2.05, 4.69) is 0 Å². The third-order valence-corrected chi connectivity index (χ3v) is 1.07. The Labute approximate surface area is 64.5 Å². The largest absolute Gasteiger partial charge is 0.392 e. The Morgan fingerprint density at radius 1 is 1.36 bits per heavy atom. The lowest BCUT2D eigenvalue weighted by Gasteiger charge is -2.04. The number of unbranched alkanes of at least 4 members (excludes halogenated alkanes) is 1. The average Bonchev–Trinajstić information content (AvgIpc) is 1.85. The second-order valence-electron chi connectivity index (χ2n) is 2.08. The molecule has 0 unspecified atom stereocenters. The highest BCUT2D eigenvalue weighted by atomic mass is 19.4. The summed E-state index contributed by atoms with van der Waals surface area (Å²) in [6.07, 6.45) is -3.30. The molecule has 1 radical (unpaired) electrons. The van der Waals surface area contributed by atoms with E-state index in [1.54, 1.807) is 0 Å². The van der Waals surface area contributed by atoms with E-state index in [-0.39, 0.29) is 6.42 Å². The van der Waals surface area contributed by atoms with Crippen molar-refractivity contribution >= 4 is 0 Å². The fraction of sp³-hybridized carbons (Fsp3) is 0.857. The predicted molar refractivity (Wildman–Crippen MR) is 36.1 cm³/mol. The summed E-state index contributed by atoms with van der Waals surface area (Å²) in [5.41, 5.74) is 0. The van der Waals surface area contributed by atoms with E-state index >= 15 is 0 Å². The van der Waals surface area contributed by atoms with Gasteiger partial charge in [-0.1, -0.05) is 0 Å². The lowest BCUT2D eigenvalue weighted by atomic mass is 10.2. The average molecular weight is 169 g/mol. The van der Waals surface area contributed by atoms with Gasteiger partial charge in [-0.2, -0.15) is 13.2 Å². The SMILES string of the molecule is CCOCCC[CH]C(F)(F)F. The summed E-state index contributed by atoms with van der Waals surface area (Å²) in [7, 11) is 0. The van der Waals surface area contributed by atoms with Crippen molar-refractivity contribution in [2.45, 2.75) is 25.9 Å². The molecule has 0 amide bonds. The highest BCUT2D eigenvalue weighted by Gasteiger charge is 2.26. The van der Waals surface area contributed by atoms with Gasteiger partial charge in [-0.3, -0.25) is 0 Å². The van der Waals surface area contributed by atoms with Gasteiger partial charge in [0.05, 0.1) is 6.42 Å².